The Morgan fingerprint density at radius 1 is 0.614 bits per heavy atom. The molecule has 8 rings (SSSR count). The second kappa shape index (κ2) is 17.5. The number of rotatable bonds is 3. The molecule has 3 aromatic heterocycles. The first-order valence-corrected chi connectivity index (χ1v) is 21.4. The predicted octanol–water partition coefficient (Wildman–Crippen LogP) is 12.6. The average molecular weight is 771 g/mol. The minimum Gasteiger partial charge on any atom is -0.353 e. The van der Waals surface area contributed by atoms with Crippen LogP contribution in [0, 0.1) is 18.7 Å². The van der Waals surface area contributed by atoms with E-state index < -0.39 is 0 Å². The molecule has 2 unspecified atom stereocenters. The van der Waals surface area contributed by atoms with Gasteiger partial charge in [-0.1, -0.05) is 105 Å². The zero-order valence-corrected chi connectivity index (χ0v) is 36.4. The van der Waals surface area contributed by atoms with E-state index in [-0.39, 0.29) is 22.1 Å². The molecule has 1 saturated carbocycles. The zero-order valence-electron chi connectivity index (χ0n) is 36.4. The topological polar surface area (TPSA) is 50.1 Å². The van der Waals surface area contributed by atoms with E-state index in [2.05, 4.69) is 131 Å². The highest BCUT2D eigenvalue weighted by atomic mass is 19.1. The number of fused-ring (bicyclic) bond motifs is 2. The van der Waals surface area contributed by atoms with Crippen molar-refractivity contribution in [2.24, 2.45) is 5.92 Å². The second-order valence-corrected chi connectivity index (χ2v) is 19.4. The molecule has 2 fully saturated rings. The maximum atomic E-state index is 13.8. The van der Waals surface area contributed by atoms with Gasteiger partial charge in [-0.05, 0) is 127 Å². The summed E-state index contributed by atoms with van der Waals surface area (Å²) in [7, 11) is 0. The number of hydrogen-bond acceptors (Lipinski definition) is 5. The van der Waals surface area contributed by atoms with Gasteiger partial charge in [-0.2, -0.15) is 5.10 Å². The normalized spacial score (nSPS) is 18.4. The Morgan fingerprint density at radius 3 is 1.88 bits per heavy atom. The van der Waals surface area contributed by atoms with E-state index >= 15 is 0 Å². The maximum Gasteiger partial charge on any atom is 0.148 e. The SMILES string of the molecule is CC(C)(C)c1ccnc(N2CCCC3CCCCC32)c1.CC(C)(C)c1ccnc(N2CCCc3ccccc32)c1.Cc1cc(C(C)(C)C)n(-c2ccccc2F)n1. The lowest BCUT2D eigenvalue weighted by Gasteiger charge is -2.45. The van der Waals surface area contributed by atoms with Gasteiger partial charge < -0.3 is 9.80 Å². The average Bonchev–Trinajstić information content (AvgIpc) is 3.60. The number of hydrogen-bond donors (Lipinski definition) is 0. The molecule has 0 radical (unpaired) electrons. The first kappa shape index (κ1) is 42.1. The fourth-order valence-electron chi connectivity index (χ4n) is 8.60. The summed E-state index contributed by atoms with van der Waals surface area (Å²) in [6.45, 7) is 24.1. The van der Waals surface area contributed by atoms with Gasteiger partial charge in [-0.3, -0.25) is 0 Å². The molecule has 0 bridgehead atoms. The molecule has 3 aliphatic rings. The third kappa shape index (κ3) is 10.3. The highest BCUT2D eigenvalue weighted by Crippen LogP contribution is 2.38. The number of nitrogens with zero attached hydrogens (tertiary/aromatic N) is 6. The van der Waals surface area contributed by atoms with Gasteiger partial charge in [0.15, 0.2) is 0 Å². The van der Waals surface area contributed by atoms with Crippen molar-refractivity contribution >= 4 is 17.3 Å². The van der Waals surface area contributed by atoms with Crippen LogP contribution in [0.5, 0.6) is 0 Å². The van der Waals surface area contributed by atoms with Crippen molar-refractivity contribution in [3.63, 3.8) is 0 Å². The first-order chi connectivity index (χ1) is 27.0. The molecule has 2 aromatic carbocycles. The van der Waals surface area contributed by atoms with Crippen LogP contribution in [0.3, 0.4) is 0 Å². The minimum absolute atomic E-state index is 0.0659. The highest BCUT2D eigenvalue weighted by Gasteiger charge is 2.34. The molecule has 5 aromatic rings. The standard InChI is InChI=1S/C18H28N2.C18H22N2.C14H17FN2/c2*1-18(2,3)15-10-11-19-17(13-15)20-12-6-8-14-7-4-5-9-16(14)20;1-10-9-13(14(2,3)4)17(16-10)12-8-6-5-7-11(12)15/h10-11,13-14,16H,4-9,12H2,1-3H3;4-5,7,9-11,13H,6,8,12H2,1-3H3;5-9H,1-4H3. The number of benzene rings is 2. The van der Waals surface area contributed by atoms with E-state index in [1.54, 1.807) is 16.8 Å². The molecule has 2 atom stereocenters. The third-order valence-electron chi connectivity index (χ3n) is 11.8. The van der Waals surface area contributed by atoms with E-state index in [4.69, 9.17) is 4.98 Å². The molecule has 5 heterocycles. The van der Waals surface area contributed by atoms with Gasteiger partial charge in [0, 0.05) is 48.3 Å². The van der Waals surface area contributed by atoms with Crippen LogP contribution in [0.25, 0.3) is 5.69 Å². The molecular formula is C50H67FN6. The summed E-state index contributed by atoms with van der Waals surface area (Å²) in [5.41, 5.74) is 8.21. The van der Waals surface area contributed by atoms with E-state index in [1.807, 2.05) is 31.5 Å². The van der Waals surface area contributed by atoms with Gasteiger partial charge >= 0.3 is 0 Å². The van der Waals surface area contributed by atoms with Crippen molar-refractivity contribution in [1.29, 1.82) is 0 Å². The van der Waals surface area contributed by atoms with Crippen molar-refractivity contribution in [2.75, 3.05) is 22.9 Å². The number of para-hydroxylation sites is 2. The number of aromatic nitrogens is 4. The van der Waals surface area contributed by atoms with Gasteiger partial charge in [-0.25, -0.2) is 19.0 Å². The molecule has 0 amide bonds. The highest BCUT2D eigenvalue weighted by molar-refractivity contribution is 5.65. The number of aryl methyl sites for hydroxylation is 2. The third-order valence-corrected chi connectivity index (χ3v) is 11.8. The summed E-state index contributed by atoms with van der Waals surface area (Å²) in [6.07, 6.45) is 14.7. The summed E-state index contributed by atoms with van der Waals surface area (Å²) in [5, 5.41) is 4.38. The lowest BCUT2D eigenvalue weighted by molar-refractivity contribution is 0.242. The van der Waals surface area contributed by atoms with E-state index in [0.717, 1.165) is 35.7 Å². The van der Waals surface area contributed by atoms with Crippen LogP contribution in [0.1, 0.15) is 135 Å². The van der Waals surface area contributed by atoms with Crippen molar-refractivity contribution in [3.05, 3.63) is 125 Å². The summed E-state index contributed by atoms with van der Waals surface area (Å²) < 4.78 is 15.5. The first-order valence-electron chi connectivity index (χ1n) is 21.4. The molecule has 6 nitrogen and oxygen atoms in total. The van der Waals surface area contributed by atoms with Crippen molar-refractivity contribution in [1.82, 2.24) is 19.7 Å². The largest absolute Gasteiger partial charge is 0.353 e. The van der Waals surface area contributed by atoms with Crippen LogP contribution in [0.15, 0.2) is 91.3 Å². The van der Waals surface area contributed by atoms with Gasteiger partial charge in [0.25, 0.3) is 0 Å². The molecule has 57 heavy (non-hydrogen) atoms. The second-order valence-electron chi connectivity index (χ2n) is 19.4. The Kier molecular flexibility index (Phi) is 13.0. The van der Waals surface area contributed by atoms with Crippen LogP contribution in [-0.2, 0) is 22.7 Å². The van der Waals surface area contributed by atoms with Crippen LogP contribution in [-0.4, -0.2) is 38.9 Å². The van der Waals surface area contributed by atoms with Crippen molar-refractivity contribution in [2.45, 2.75) is 143 Å². The summed E-state index contributed by atoms with van der Waals surface area (Å²) in [6, 6.07) is 27.0. The summed E-state index contributed by atoms with van der Waals surface area (Å²) in [5.74, 6) is 2.96. The molecule has 1 saturated heterocycles. The van der Waals surface area contributed by atoms with Gasteiger partial charge in [0.2, 0.25) is 0 Å². The quantitative estimate of drug-likeness (QED) is 0.183. The van der Waals surface area contributed by atoms with Crippen LogP contribution >= 0.6 is 0 Å². The van der Waals surface area contributed by atoms with Crippen LogP contribution in [0.2, 0.25) is 0 Å². The Labute approximate surface area is 343 Å². The lowest BCUT2D eigenvalue weighted by Crippen LogP contribution is -2.47. The molecular weight excluding hydrogens is 704 g/mol. The Balaban J connectivity index is 0.000000145. The van der Waals surface area contributed by atoms with Gasteiger partial charge in [-0.15, -0.1) is 0 Å². The Hall–Kier alpha value is -4.52. The minimum atomic E-state index is -0.249. The van der Waals surface area contributed by atoms with Crippen LogP contribution in [0.4, 0.5) is 21.7 Å². The maximum absolute atomic E-state index is 13.8. The molecule has 7 heteroatoms. The molecule has 0 spiro atoms. The van der Waals surface area contributed by atoms with Crippen molar-refractivity contribution < 1.29 is 4.39 Å². The number of piperidine rings is 1. The van der Waals surface area contributed by atoms with Gasteiger partial charge in [0.05, 0.1) is 5.69 Å². The molecule has 304 valence electrons. The fourth-order valence-corrected chi connectivity index (χ4v) is 8.60. The Morgan fingerprint density at radius 2 is 1.21 bits per heavy atom. The number of anilines is 3. The summed E-state index contributed by atoms with van der Waals surface area (Å²) >= 11 is 0. The number of pyridine rings is 2. The summed E-state index contributed by atoms with van der Waals surface area (Å²) in [4.78, 5) is 14.3. The zero-order chi connectivity index (χ0) is 41.0. The van der Waals surface area contributed by atoms with Gasteiger partial charge in [0.1, 0.15) is 23.1 Å². The van der Waals surface area contributed by atoms with E-state index in [1.165, 1.54) is 92.2 Å². The number of halogens is 1. The smallest absolute Gasteiger partial charge is 0.148 e. The van der Waals surface area contributed by atoms with E-state index in [9.17, 15) is 4.39 Å². The molecule has 2 aliphatic heterocycles. The van der Waals surface area contributed by atoms with Crippen LogP contribution < -0.4 is 9.80 Å². The van der Waals surface area contributed by atoms with Crippen molar-refractivity contribution in [3.8, 4) is 5.69 Å². The monoisotopic (exact) mass is 771 g/mol. The lowest BCUT2D eigenvalue weighted by atomic mass is 9.78. The Bertz CT molecular complexity index is 2080. The van der Waals surface area contributed by atoms with E-state index in [0.29, 0.717) is 5.69 Å². The molecule has 1 aliphatic carbocycles. The fraction of sp³-hybridized carbons (Fsp3) is 0.500. The predicted molar refractivity (Wildman–Crippen MR) is 237 cm³/mol. The molecule has 0 N–H and O–H groups in total.